The molecule has 10 nitrogen and oxygen atoms in total. The molecule has 0 unspecified atom stereocenters. The lowest BCUT2D eigenvalue weighted by molar-refractivity contribution is 0.0952. The molecule has 0 fully saturated rings. The van der Waals surface area contributed by atoms with Gasteiger partial charge in [0.25, 0.3) is 11.8 Å². The van der Waals surface area contributed by atoms with E-state index in [4.69, 9.17) is 9.57 Å². The summed E-state index contributed by atoms with van der Waals surface area (Å²) in [6, 6.07) is 35.1. The molecular formula is C52H61N5O5. The number of benzene rings is 6. The molecule has 0 radical (unpaired) electrons. The van der Waals surface area contributed by atoms with Crippen molar-refractivity contribution < 1.29 is 24.3 Å². The molecular weight excluding hydrogens is 775 g/mol. The first-order chi connectivity index (χ1) is 30.4. The number of nitrogens with zero attached hydrogens (tertiary/aromatic N) is 2. The zero-order chi connectivity index (χ0) is 43.4. The zero-order valence-electron chi connectivity index (χ0n) is 36.3. The molecule has 0 aromatic heterocycles. The summed E-state index contributed by atoms with van der Waals surface area (Å²) in [5.41, 5.74) is 6.04. The van der Waals surface area contributed by atoms with E-state index in [2.05, 4.69) is 33.3 Å². The quantitative estimate of drug-likeness (QED) is 0.0258. The number of para-hydroxylation sites is 1. The Labute approximate surface area is 366 Å². The predicted octanol–water partition coefficient (Wildman–Crippen LogP) is 14.1. The van der Waals surface area contributed by atoms with Crippen LogP contribution in [0, 0.1) is 0 Å². The second-order valence-electron chi connectivity index (χ2n) is 15.9. The van der Waals surface area contributed by atoms with Gasteiger partial charge in [0, 0.05) is 28.6 Å². The zero-order valence-corrected chi connectivity index (χ0v) is 36.3. The van der Waals surface area contributed by atoms with E-state index in [9.17, 15) is 14.7 Å². The van der Waals surface area contributed by atoms with Crippen molar-refractivity contribution in [3.05, 3.63) is 132 Å². The molecule has 0 aliphatic rings. The van der Waals surface area contributed by atoms with Crippen molar-refractivity contribution in [3.8, 4) is 11.5 Å². The van der Waals surface area contributed by atoms with Gasteiger partial charge in [-0.3, -0.25) is 19.9 Å². The number of ether oxygens (including phenoxy) is 1. The van der Waals surface area contributed by atoms with Crippen molar-refractivity contribution in [2.75, 3.05) is 24.5 Å². The Bertz CT molecular complexity index is 2390. The maximum atomic E-state index is 14.0. The molecule has 6 aromatic carbocycles. The lowest BCUT2D eigenvalue weighted by Gasteiger charge is -2.14. The van der Waals surface area contributed by atoms with Gasteiger partial charge in [0.1, 0.15) is 17.1 Å². The number of rotatable bonds is 25. The van der Waals surface area contributed by atoms with Crippen molar-refractivity contribution in [1.82, 2.24) is 5.32 Å². The molecule has 324 valence electrons. The van der Waals surface area contributed by atoms with Gasteiger partial charge < -0.3 is 20.5 Å². The summed E-state index contributed by atoms with van der Waals surface area (Å²) in [5.74, 6) is -0.628. The van der Waals surface area contributed by atoms with Crippen molar-refractivity contribution >= 4 is 56.1 Å². The van der Waals surface area contributed by atoms with Gasteiger partial charge in [-0.05, 0) is 71.3 Å². The summed E-state index contributed by atoms with van der Waals surface area (Å²) in [6.45, 7) is 3.07. The van der Waals surface area contributed by atoms with Crippen LogP contribution in [0.3, 0.4) is 0 Å². The van der Waals surface area contributed by atoms with Crippen LogP contribution in [0.1, 0.15) is 123 Å². The third-order valence-electron chi connectivity index (χ3n) is 11.2. The van der Waals surface area contributed by atoms with Crippen LogP contribution in [0.5, 0.6) is 11.5 Å². The van der Waals surface area contributed by atoms with E-state index in [1.165, 1.54) is 77.0 Å². The summed E-state index contributed by atoms with van der Waals surface area (Å²) in [6.07, 6.45) is 17.8. The van der Waals surface area contributed by atoms with Gasteiger partial charge in [0.05, 0.1) is 25.0 Å². The monoisotopic (exact) mass is 835 g/mol. The summed E-state index contributed by atoms with van der Waals surface area (Å²) in [4.78, 5) is 33.2. The summed E-state index contributed by atoms with van der Waals surface area (Å²) in [7, 11) is 1.54. The Morgan fingerprint density at radius 2 is 1.31 bits per heavy atom. The van der Waals surface area contributed by atoms with E-state index in [0.717, 1.165) is 34.9 Å². The number of anilines is 2. The Balaban J connectivity index is 1.14. The molecule has 0 spiro atoms. The SMILES string of the molecule is CCCCCCCCCCCCCCCCNC(=O)c1ccc2c(N=Nc3cc(CONc4ccccc4)ccc3OC)c(O)c(C(=O)Nc3cccc4ccccc34)cc2c1. The molecule has 62 heavy (non-hydrogen) atoms. The van der Waals surface area contributed by atoms with E-state index in [0.29, 0.717) is 40.0 Å². The average Bonchev–Trinajstić information content (AvgIpc) is 3.30. The van der Waals surface area contributed by atoms with Gasteiger partial charge in [0.15, 0.2) is 5.75 Å². The van der Waals surface area contributed by atoms with E-state index in [-0.39, 0.29) is 29.5 Å². The van der Waals surface area contributed by atoms with Crippen molar-refractivity contribution in [2.45, 2.75) is 103 Å². The second kappa shape index (κ2) is 24.3. The number of hydrogen-bond acceptors (Lipinski definition) is 8. The molecule has 6 aromatic rings. The maximum Gasteiger partial charge on any atom is 0.259 e. The predicted molar refractivity (Wildman–Crippen MR) is 252 cm³/mol. The number of fused-ring (bicyclic) bond motifs is 2. The van der Waals surface area contributed by atoms with Gasteiger partial charge in [0.2, 0.25) is 0 Å². The number of carbonyl (C=O) groups is 2. The molecule has 0 saturated carbocycles. The highest BCUT2D eigenvalue weighted by atomic mass is 16.6. The van der Waals surface area contributed by atoms with Crippen LogP contribution in [0.15, 0.2) is 125 Å². The second-order valence-corrected chi connectivity index (χ2v) is 15.9. The highest BCUT2D eigenvalue weighted by molar-refractivity contribution is 6.14. The smallest absolute Gasteiger partial charge is 0.259 e. The standard InChI is InChI=1S/C52H61N5O5/c1-3-4-5-6-7-8-9-10-11-12-13-14-15-21-33-53-51(59)40-30-31-44-41(35-40)36-45(52(60)54-46-28-22-24-39-23-19-20-27-43(39)46)50(58)49(44)56-55-47-34-38(29-32-48(47)61-2)37-62-57-42-25-17-16-18-26-42/h16-20,22-32,34-36,57-58H,3-15,21,33,37H2,1-2H3,(H,53,59)(H,54,60). The van der Waals surface area contributed by atoms with E-state index >= 15 is 0 Å². The minimum atomic E-state index is -0.535. The van der Waals surface area contributed by atoms with Gasteiger partial charge >= 0.3 is 0 Å². The van der Waals surface area contributed by atoms with E-state index < -0.39 is 5.91 Å². The van der Waals surface area contributed by atoms with Crippen LogP contribution in [0.4, 0.5) is 22.7 Å². The average molecular weight is 836 g/mol. The van der Waals surface area contributed by atoms with Crippen LogP contribution in [-0.2, 0) is 11.4 Å². The minimum Gasteiger partial charge on any atom is -0.505 e. The Morgan fingerprint density at radius 1 is 0.629 bits per heavy atom. The van der Waals surface area contributed by atoms with Crippen LogP contribution >= 0.6 is 0 Å². The number of hydrogen-bond donors (Lipinski definition) is 4. The van der Waals surface area contributed by atoms with Crippen LogP contribution in [-0.4, -0.2) is 30.6 Å². The Kier molecular flexibility index (Phi) is 17.7. The normalized spacial score (nSPS) is 11.3. The molecule has 0 heterocycles. The highest BCUT2D eigenvalue weighted by Gasteiger charge is 2.21. The number of azo groups is 1. The summed E-state index contributed by atoms with van der Waals surface area (Å²) >= 11 is 0. The fourth-order valence-electron chi connectivity index (χ4n) is 7.66. The summed E-state index contributed by atoms with van der Waals surface area (Å²) in [5, 5.41) is 29.8. The number of amides is 2. The number of phenolic OH excluding ortho intramolecular Hbond substituents is 1. The van der Waals surface area contributed by atoms with Gasteiger partial charge in [-0.2, -0.15) is 0 Å². The minimum absolute atomic E-state index is 0.0135. The van der Waals surface area contributed by atoms with Crippen LogP contribution in [0.2, 0.25) is 0 Å². The fourth-order valence-corrected chi connectivity index (χ4v) is 7.66. The molecule has 0 saturated heterocycles. The number of unbranched alkanes of at least 4 members (excludes halogenated alkanes) is 13. The number of carbonyl (C=O) groups excluding carboxylic acids is 2. The van der Waals surface area contributed by atoms with Crippen LogP contribution in [0.25, 0.3) is 21.5 Å². The molecule has 10 heteroatoms. The Hall–Kier alpha value is -6.26. The first kappa shape index (κ1) is 45.3. The van der Waals surface area contributed by atoms with Crippen molar-refractivity contribution in [3.63, 3.8) is 0 Å². The first-order valence-corrected chi connectivity index (χ1v) is 22.3. The molecule has 0 atom stereocenters. The van der Waals surface area contributed by atoms with Crippen molar-refractivity contribution in [2.24, 2.45) is 10.2 Å². The topological polar surface area (TPSA) is 134 Å². The third kappa shape index (κ3) is 13.1. The maximum absolute atomic E-state index is 14.0. The number of aromatic hydroxyl groups is 1. The molecule has 0 bridgehead atoms. The molecule has 0 aliphatic heterocycles. The molecule has 6 rings (SSSR count). The first-order valence-electron chi connectivity index (χ1n) is 22.3. The lowest BCUT2D eigenvalue weighted by Crippen LogP contribution is -2.24. The molecule has 2 amide bonds. The lowest BCUT2D eigenvalue weighted by atomic mass is 10.00. The number of methoxy groups -OCH3 is 1. The van der Waals surface area contributed by atoms with Crippen molar-refractivity contribution in [1.29, 1.82) is 0 Å². The number of phenols is 1. The van der Waals surface area contributed by atoms with Crippen LogP contribution < -0.4 is 20.9 Å². The van der Waals surface area contributed by atoms with E-state index in [1.807, 2.05) is 78.9 Å². The van der Waals surface area contributed by atoms with Gasteiger partial charge in [-0.1, -0.05) is 157 Å². The number of nitrogens with one attached hydrogen (secondary N) is 3. The van der Waals surface area contributed by atoms with E-state index in [1.54, 1.807) is 43.5 Å². The molecule has 4 N–H and O–H groups in total. The highest BCUT2D eigenvalue weighted by Crippen LogP contribution is 2.41. The summed E-state index contributed by atoms with van der Waals surface area (Å²) < 4.78 is 5.60. The Morgan fingerprint density at radius 3 is 2.03 bits per heavy atom. The third-order valence-corrected chi connectivity index (χ3v) is 11.2. The van der Waals surface area contributed by atoms with Gasteiger partial charge in [-0.15, -0.1) is 10.2 Å². The largest absolute Gasteiger partial charge is 0.505 e. The molecule has 0 aliphatic carbocycles. The fraction of sp³-hybridized carbons (Fsp3) is 0.346. The van der Waals surface area contributed by atoms with Gasteiger partial charge in [-0.25, -0.2) is 0 Å².